The van der Waals surface area contributed by atoms with Crippen LogP contribution in [-0.2, 0) is 23.2 Å². The van der Waals surface area contributed by atoms with E-state index < -0.39 is 0 Å². The molecule has 32 heavy (non-hydrogen) atoms. The van der Waals surface area contributed by atoms with Crippen LogP contribution < -0.4 is 15.1 Å². The molecule has 10 heteroatoms. The van der Waals surface area contributed by atoms with Crippen LogP contribution in [0.1, 0.15) is 25.3 Å². The van der Waals surface area contributed by atoms with Gasteiger partial charge >= 0.3 is 0 Å². The predicted octanol–water partition coefficient (Wildman–Crippen LogP) is 1.98. The third kappa shape index (κ3) is 5.40. The fourth-order valence-corrected chi connectivity index (χ4v) is 3.97. The molecular weight excluding hydrogens is 521 g/mol. The van der Waals surface area contributed by atoms with Gasteiger partial charge in [-0.3, -0.25) is 14.3 Å². The van der Waals surface area contributed by atoms with Crippen LogP contribution in [0.15, 0.2) is 41.7 Å². The molecule has 9 nitrogen and oxygen atoms in total. The van der Waals surface area contributed by atoms with E-state index in [1.165, 1.54) is 0 Å². The second kappa shape index (κ2) is 10.8. The molecule has 1 aromatic heterocycles. The molecule has 0 unspecified atom stereocenters. The smallest absolute Gasteiger partial charge is 0.246 e. The zero-order valence-corrected chi connectivity index (χ0v) is 20.9. The molecule has 1 N–H and O–H groups in total. The molecule has 2 fully saturated rings. The van der Waals surface area contributed by atoms with Gasteiger partial charge in [0.05, 0.1) is 18.4 Å². The molecule has 2 amide bonds. The molecule has 0 saturated carbocycles. The van der Waals surface area contributed by atoms with Crippen molar-refractivity contribution in [1.29, 1.82) is 0 Å². The second-order valence-corrected chi connectivity index (χ2v) is 7.82. The van der Waals surface area contributed by atoms with Crippen molar-refractivity contribution in [3.8, 4) is 0 Å². The summed E-state index contributed by atoms with van der Waals surface area (Å²) in [5.41, 5.74) is 2.83. The first kappa shape index (κ1) is 24.0. The molecule has 0 radical (unpaired) electrons. The number of piperazine rings is 1. The lowest BCUT2D eigenvalue weighted by Gasteiger charge is -2.35. The molecule has 2 aliphatic heterocycles. The zero-order valence-electron chi connectivity index (χ0n) is 18.5. The summed E-state index contributed by atoms with van der Waals surface area (Å²) >= 11 is 0. The topological polar surface area (TPSA) is 86.1 Å². The Balaban J connectivity index is 0.00000289. The SMILES string of the molecule is CCNC(=NCc1ccc(N2CCCC2=O)cc1)N1CCN(c2cnn(C)c2)C(=O)C1.I. The monoisotopic (exact) mass is 551 g/mol. The van der Waals surface area contributed by atoms with Crippen molar-refractivity contribution in [3.05, 3.63) is 42.2 Å². The largest absolute Gasteiger partial charge is 0.356 e. The third-order valence-corrected chi connectivity index (χ3v) is 5.59. The van der Waals surface area contributed by atoms with Crippen molar-refractivity contribution in [2.24, 2.45) is 12.0 Å². The Morgan fingerprint density at radius 3 is 2.41 bits per heavy atom. The number of aryl methyl sites for hydroxylation is 1. The summed E-state index contributed by atoms with van der Waals surface area (Å²) in [6.07, 6.45) is 5.12. The van der Waals surface area contributed by atoms with Crippen molar-refractivity contribution in [1.82, 2.24) is 20.0 Å². The lowest BCUT2D eigenvalue weighted by atomic mass is 10.2. The molecule has 3 heterocycles. The summed E-state index contributed by atoms with van der Waals surface area (Å²) in [5.74, 6) is 0.959. The van der Waals surface area contributed by atoms with E-state index in [1.807, 2.05) is 54.2 Å². The van der Waals surface area contributed by atoms with E-state index in [0.717, 1.165) is 42.4 Å². The Morgan fingerprint density at radius 2 is 1.81 bits per heavy atom. The number of halogens is 1. The summed E-state index contributed by atoms with van der Waals surface area (Å²) in [6.45, 7) is 5.61. The molecule has 0 aliphatic carbocycles. The summed E-state index contributed by atoms with van der Waals surface area (Å²) in [6, 6.07) is 7.99. The highest BCUT2D eigenvalue weighted by atomic mass is 127. The second-order valence-electron chi connectivity index (χ2n) is 7.82. The van der Waals surface area contributed by atoms with Crippen LogP contribution >= 0.6 is 24.0 Å². The number of hydrogen-bond acceptors (Lipinski definition) is 4. The van der Waals surface area contributed by atoms with E-state index >= 15 is 0 Å². The normalized spacial score (nSPS) is 17.1. The maximum Gasteiger partial charge on any atom is 0.246 e. The number of guanidine groups is 1. The van der Waals surface area contributed by atoms with Crippen molar-refractivity contribution in [2.75, 3.05) is 42.5 Å². The summed E-state index contributed by atoms with van der Waals surface area (Å²) in [7, 11) is 1.84. The van der Waals surface area contributed by atoms with Crippen LogP contribution in [0.2, 0.25) is 0 Å². The molecule has 2 aromatic rings. The molecule has 2 saturated heterocycles. The number of carbonyl (C=O) groups excluding carboxylic acids is 2. The van der Waals surface area contributed by atoms with E-state index in [9.17, 15) is 9.59 Å². The van der Waals surface area contributed by atoms with Gasteiger partial charge in [-0.05, 0) is 31.0 Å². The fourth-order valence-electron chi connectivity index (χ4n) is 3.97. The minimum absolute atomic E-state index is 0. The van der Waals surface area contributed by atoms with Crippen LogP contribution in [-0.4, -0.2) is 65.2 Å². The summed E-state index contributed by atoms with van der Waals surface area (Å²) in [4.78, 5) is 35.0. The van der Waals surface area contributed by atoms with E-state index in [2.05, 4.69) is 10.4 Å². The molecular formula is C22H30IN7O2. The van der Waals surface area contributed by atoms with Gasteiger partial charge in [0.15, 0.2) is 5.96 Å². The van der Waals surface area contributed by atoms with Crippen molar-refractivity contribution >= 4 is 53.1 Å². The van der Waals surface area contributed by atoms with Gasteiger partial charge in [-0.2, -0.15) is 5.10 Å². The lowest BCUT2D eigenvalue weighted by molar-refractivity contribution is -0.120. The molecule has 172 valence electrons. The molecule has 1 aromatic carbocycles. The molecule has 0 spiro atoms. The van der Waals surface area contributed by atoms with Crippen molar-refractivity contribution in [3.63, 3.8) is 0 Å². The molecule has 0 bridgehead atoms. The predicted molar refractivity (Wildman–Crippen MR) is 135 cm³/mol. The molecule has 2 aliphatic rings. The number of anilines is 2. The van der Waals surface area contributed by atoms with Gasteiger partial charge in [-0.25, -0.2) is 4.99 Å². The standard InChI is InChI=1S/C22H29N7O2.HI/c1-3-23-22(27-11-12-29(21(31)16-27)19-14-25-26(2)15-19)24-13-17-6-8-18(9-7-17)28-10-4-5-20(28)30;/h6-9,14-15H,3-5,10-13,16H2,1-2H3,(H,23,24);1H. The van der Waals surface area contributed by atoms with Gasteiger partial charge < -0.3 is 20.0 Å². The Bertz CT molecular complexity index is 973. The van der Waals surface area contributed by atoms with Crippen LogP contribution in [0.4, 0.5) is 11.4 Å². The summed E-state index contributed by atoms with van der Waals surface area (Å²) < 4.78 is 1.70. The summed E-state index contributed by atoms with van der Waals surface area (Å²) in [5, 5.41) is 7.46. The first-order valence-corrected chi connectivity index (χ1v) is 10.8. The van der Waals surface area contributed by atoms with Crippen LogP contribution in [0, 0.1) is 0 Å². The van der Waals surface area contributed by atoms with Gasteiger partial charge in [0.25, 0.3) is 0 Å². The average molecular weight is 551 g/mol. The third-order valence-electron chi connectivity index (χ3n) is 5.59. The number of nitrogens with zero attached hydrogens (tertiary/aromatic N) is 6. The number of hydrogen-bond donors (Lipinski definition) is 1. The zero-order chi connectivity index (χ0) is 21.8. The van der Waals surface area contributed by atoms with Gasteiger partial charge in [-0.1, -0.05) is 12.1 Å². The van der Waals surface area contributed by atoms with E-state index in [-0.39, 0.29) is 42.3 Å². The maximum absolute atomic E-state index is 12.7. The van der Waals surface area contributed by atoms with Crippen LogP contribution in [0.3, 0.4) is 0 Å². The highest BCUT2D eigenvalue weighted by Gasteiger charge is 2.27. The number of aliphatic imine (C=N–C) groups is 1. The van der Waals surface area contributed by atoms with Crippen LogP contribution in [0.25, 0.3) is 0 Å². The number of amides is 2. The molecule has 0 atom stereocenters. The first-order valence-electron chi connectivity index (χ1n) is 10.8. The number of nitrogens with one attached hydrogen (secondary N) is 1. The van der Waals surface area contributed by atoms with E-state index in [4.69, 9.17) is 4.99 Å². The van der Waals surface area contributed by atoms with Crippen molar-refractivity contribution in [2.45, 2.75) is 26.3 Å². The Kier molecular flexibility index (Phi) is 8.10. The average Bonchev–Trinajstić information content (AvgIpc) is 3.39. The van der Waals surface area contributed by atoms with Gasteiger partial charge in [0.1, 0.15) is 6.54 Å². The number of carbonyl (C=O) groups is 2. The molecule has 4 rings (SSSR count). The Hall–Kier alpha value is -2.63. The minimum Gasteiger partial charge on any atom is -0.356 e. The fraction of sp³-hybridized carbons (Fsp3) is 0.455. The van der Waals surface area contributed by atoms with Gasteiger partial charge in [0, 0.05) is 51.5 Å². The van der Waals surface area contributed by atoms with Crippen molar-refractivity contribution < 1.29 is 9.59 Å². The number of benzene rings is 1. The highest BCUT2D eigenvalue weighted by molar-refractivity contribution is 14.0. The number of rotatable bonds is 5. The Morgan fingerprint density at radius 1 is 1.06 bits per heavy atom. The first-order chi connectivity index (χ1) is 15.0. The van der Waals surface area contributed by atoms with E-state index in [0.29, 0.717) is 26.1 Å². The van der Waals surface area contributed by atoms with Gasteiger partial charge in [-0.15, -0.1) is 24.0 Å². The van der Waals surface area contributed by atoms with E-state index in [1.54, 1.807) is 15.8 Å². The highest BCUT2D eigenvalue weighted by Crippen LogP contribution is 2.22. The van der Waals surface area contributed by atoms with Crippen LogP contribution in [0.5, 0.6) is 0 Å². The Labute approximate surface area is 205 Å². The lowest BCUT2D eigenvalue weighted by Crippen LogP contribution is -2.55. The number of aromatic nitrogens is 2. The minimum atomic E-state index is 0. The quantitative estimate of drug-likeness (QED) is 0.349. The van der Waals surface area contributed by atoms with Gasteiger partial charge in [0.2, 0.25) is 11.8 Å². The maximum atomic E-state index is 12.7.